The van der Waals surface area contributed by atoms with E-state index in [0.29, 0.717) is 27.2 Å². The van der Waals surface area contributed by atoms with Gasteiger partial charge in [-0.2, -0.15) is 9.78 Å². The molecule has 0 aliphatic rings. The van der Waals surface area contributed by atoms with Gasteiger partial charge in [0, 0.05) is 33.8 Å². The van der Waals surface area contributed by atoms with Crippen molar-refractivity contribution in [1.29, 1.82) is 0 Å². The van der Waals surface area contributed by atoms with Crippen molar-refractivity contribution in [3.05, 3.63) is 128 Å². The van der Waals surface area contributed by atoms with E-state index in [1.165, 1.54) is 48.7 Å². The van der Waals surface area contributed by atoms with Crippen molar-refractivity contribution in [3.8, 4) is 17.3 Å². The molecule has 0 saturated heterocycles. The van der Waals surface area contributed by atoms with Crippen LogP contribution in [0.1, 0.15) is 5.56 Å². The Morgan fingerprint density at radius 2 is 1.89 bits per heavy atom. The zero-order valence-corrected chi connectivity index (χ0v) is 23.2. The van der Waals surface area contributed by atoms with Gasteiger partial charge in [-0.05, 0) is 66.7 Å². The standard InChI is InChI=1S/C31H19ClFN5O6/c32-20-5-11-27-18(13-20)15-28(44-27)30-36-25-4-2-1-3-24(25)31(40)37(30)34-16-19-14-23(38(41)42)10-12-26(19)43-17-29(39)35-22-8-6-21(33)7-9-22/h1-16H,17H2,(H,35,39). The molecule has 0 bridgehead atoms. The highest BCUT2D eigenvalue weighted by atomic mass is 35.5. The van der Waals surface area contributed by atoms with Gasteiger partial charge in [-0.3, -0.25) is 19.7 Å². The average Bonchev–Trinajstić information content (AvgIpc) is 3.44. The van der Waals surface area contributed by atoms with E-state index in [9.17, 15) is 24.1 Å². The van der Waals surface area contributed by atoms with Crippen molar-refractivity contribution in [2.75, 3.05) is 11.9 Å². The summed E-state index contributed by atoms with van der Waals surface area (Å²) in [5, 5.41) is 19.9. The molecule has 0 atom stereocenters. The van der Waals surface area contributed by atoms with E-state index in [1.807, 2.05) is 0 Å². The number of hydrogen-bond acceptors (Lipinski definition) is 8. The number of rotatable bonds is 8. The lowest BCUT2D eigenvalue weighted by Gasteiger charge is -2.10. The number of fused-ring (bicyclic) bond motifs is 2. The number of halogens is 2. The van der Waals surface area contributed by atoms with Crippen LogP contribution in [0.4, 0.5) is 15.8 Å². The summed E-state index contributed by atoms with van der Waals surface area (Å²) in [5.41, 5.74) is 0.588. The Kier molecular flexibility index (Phi) is 7.56. The normalized spacial score (nSPS) is 11.3. The second-order valence-corrected chi connectivity index (χ2v) is 9.87. The first-order valence-corrected chi connectivity index (χ1v) is 13.4. The van der Waals surface area contributed by atoms with E-state index in [4.69, 9.17) is 20.8 Å². The highest BCUT2D eigenvalue weighted by Gasteiger charge is 2.18. The lowest BCUT2D eigenvalue weighted by atomic mass is 10.2. The monoisotopic (exact) mass is 611 g/mol. The largest absolute Gasteiger partial charge is 0.483 e. The van der Waals surface area contributed by atoms with Crippen LogP contribution in [-0.4, -0.2) is 33.3 Å². The molecule has 0 aliphatic carbocycles. The van der Waals surface area contributed by atoms with Gasteiger partial charge in [-0.1, -0.05) is 23.7 Å². The SMILES string of the molecule is O=C(COc1ccc([N+](=O)[O-])cc1C=Nn1c(-c2cc3cc(Cl)ccc3o2)nc2ccccc2c1=O)Nc1ccc(F)cc1. The maximum absolute atomic E-state index is 13.6. The lowest BCUT2D eigenvalue weighted by Crippen LogP contribution is -2.21. The Morgan fingerprint density at radius 1 is 1.09 bits per heavy atom. The van der Waals surface area contributed by atoms with E-state index in [1.54, 1.807) is 48.5 Å². The summed E-state index contributed by atoms with van der Waals surface area (Å²) < 4.78 is 25.8. The van der Waals surface area contributed by atoms with Crippen molar-refractivity contribution >= 4 is 57.0 Å². The maximum atomic E-state index is 13.6. The molecule has 0 aliphatic heterocycles. The molecule has 4 aromatic carbocycles. The molecular weight excluding hydrogens is 593 g/mol. The average molecular weight is 612 g/mol. The number of hydrogen-bond donors (Lipinski definition) is 1. The fourth-order valence-electron chi connectivity index (χ4n) is 4.39. The first-order chi connectivity index (χ1) is 21.2. The lowest BCUT2D eigenvalue weighted by molar-refractivity contribution is -0.384. The van der Waals surface area contributed by atoms with Gasteiger partial charge in [0.1, 0.15) is 17.1 Å². The summed E-state index contributed by atoms with van der Waals surface area (Å²) in [6.45, 7) is -0.472. The molecule has 11 nitrogen and oxygen atoms in total. The number of nitro groups is 1. The molecule has 6 rings (SSSR count). The first kappa shape index (κ1) is 28.2. The minimum absolute atomic E-state index is 0.0730. The number of para-hydroxylation sites is 1. The summed E-state index contributed by atoms with van der Waals surface area (Å²) in [6.07, 6.45) is 1.20. The third kappa shape index (κ3) is 5.87. The number of nitrogens with zero attached hydrogens (tertiary/aromatic N) is 4. The van der Waals surface area contributed by atoms with E-state index in [2.05, 4.69) is 15.4 Å². The molecule has 0 radical (unpaired) electrons. The summed E-state index contributed by atoms with van der Waals surface area (Å²) >= 11 is 6.13. The van der Waals surface area contributed by atoms with Crippen LogP contribution < -0.4 is 15.6 Å². The van der Waals surface area contributed by atoms with Crippen LogP contribution in [0.15, 0.2) is 105 Å². The van der Waals surface area contributed by atoms with Crippen LogP contribution in [0.2, 0.25) is 5.02 Å². The van der Waals surface area contributed by atoms with E-state index in [0.717, 1.165) is 4.68 Å². The zero-order chi connectivity index (χ0) is 30.8. The number of benzene rings is 4. The van der Waals surface area contributed by atoms with Gasteiger partial charge in [0.15, 0.2) is 12.4 Å². The van der Waals surface area contributed by atoms with Crippen molar-refractivity contribution in [3.63, 3.8) is 0 Å². The molecule has 0 unspecified atom stereocenters. The second kappa shape index (κ2) is 11.8. The number of carbonyl (C=O) groups is 1. The molecule has 218 valence electrons. The molecule has 2 aromatic heterocycles. The molecule has 0 fully saturated rings. The Balaban J connectivity index is 1.38. The Bertz CT molecular complexity index is 2160. The number of non-ortho nitro benzene ring substituents is 1. The van der Waals surface area contributed by atoms with Crippen LogP contribution in [0, 0.1) is 15.9 Å². The predicted molar refractivity (Wildman–Crippen MR) is 163 cm³/mol. The quantitative estimate of drug-likeness (QED) is 0.119. The van der Waals surface area contributed by atoms with Gasteiger partial charge in [0.05, 0.1) is 22.0 Å². The van der Waals surface area contributed by atoms with Gasteiger partial charge in [0.25, 0.3) is 17.2 Å². The Hall–Kier alpha value is -5.88. The summed E-state index contributed by atoms with van der Waals surface area (Å²) in [5.74, 6) is -0.628. The summed E-state index contributed by atoms with van der Waals surface area (Å²) in [4.78, 5) is 41.6. The molecule has 1 amide bonds. The molecule has 6 aromatic rings. The zero-order valence-electron chi connectivity index (χ0n) is 22.4. The predicted octanol–water partition coefficient (Wildman–Crippen LogP) is 6.41. The van der Waals surface area contributed by atoms with Crippen LogP contribution in [0.3, 0.4) is 0 Å². The van der Waals surface area contributed by atoms with E-state index in [-0.39, 0.29) is 34.0 Å². The maximum Gasteiger partial charge on any atom is 0.282 e. The fraction of sp³-hybridized carbons (Fsp3) is 0.0323. The van der Waals surface area contributed by atoms with Crippen molar-refractivity contribution in [2.24, 2.45) is 5.10 Å². The van der Waals surface area contributed by atoms with Crippen LogP contribution in [0.5, 0.6) is 5.75 Å². The van der Waals surface area contributed by atoms with Crippen LogP contribution in [0.25, 0.3) is 33.5 Å². The van der Waals surface area contributed by atoms with Gasteiger partial charge >= 0.3 is 0 Å². The molecule has 0 spiro atoms. The molecule has 1 N–H and O–H groups in total. The number of amides is 1. The number of nitro benzene ring substituents is 1. The molecule has 44 heavy (non-hydrogen) atoms. The van der Waals surface area contributed by atoms with E-state index < -0.39 is 28.8 Å². The van der Waals surface area contributed by atoms with Gasteiger partial charge in [-0.25, -0.2) is 9.37 Å². The first-order valence-electron chi connectivity index (χ1n) is 13.0. The van der Waals surface area contributed by atoms with Crippen molar-refractivity contribution in [2.45, 2.75) is 0 Å². The molecule has 13 heteroatoms. The van der Waals surface area contributed by atoms with Crippen molar-refractivity contribution < 1.29 is 23.3 Å². The Labute approximate surface area is 251 Å². The number of nitrogens with one attached hydrogen (secondary N) is 1. The highest BCUT2D eigenvalue weighted by Crippen LogP contribution is 2.29. The third-order valence-electron chi connectivity index (χ3n) is 6.46. The second-order valence-electron chi connectivity index (χ2n) is 9.43. The topological polar surface area (TPSA) is 142 Å². The Morgan fingerprint density at radius 3 is 2.68 bits per heavy atom. The summed E-state index contributed by atoms with van der Waals surface area (Å²) in [6, 6.07) is 22.3. The number of carbonyl (C=O) groups excluding carboxylic acids is 1. The summed E-state index contributed by atoms with van der Waals surface area (Å²) in [7, 11) is 0. The molecule has 0 saturated carbocycles. The minimum Gasteiger partial charge on any atom is -0.483 e. The van der Waals surface area contributed by atoms with Gasteiger partial charge in [0.2, 0.25) is 5.82 Å². The number of ether oxygens (including phenoxy) is 1. The minimum atomic E-state index is -0.600. The molecule has 2 heterocycles. The van der Waals surface area contributed by atoms with Crippen molar-refractivity contribution in [1.82, 2.24) is 9.66 Å². The molecular formula is C31H19ClFN5O6. The van der Waals surface area contributed by atoms with Crippen LogP contribution in [-0.2, 0) is 4.79 Å². The number of aromatic nitrogens is 2. The third-order valence-corrected chi connectivity index (χ3v) is 6.69. The van der Waals surface area contributed by atoms with Gasteiger partial charge in [-0.15, -0.1) is 0 Å². The smallest absolute Gasteiger partial charge is 0.282 e. The highest BCUT2D eigenvalue weighted by molar-refractivity contribution is 6.31. The number of furan rings is 1. The van der Waals surface area contributed by atoms with E-state index >= 15 is 0 Å². The van der Waals surface area contributed by atoms with Gasteiger partial charge < -0.3 is 14.5 Å². The number of anilines is 1. The van der Waals surface area contributed by atoms with Crippen LogP contribution >= 0.6 is 11.6 Å². The fourth-order valence-corrected chi connectivity index (χ4v) is 4.57.